The van der Waals surface area contributed by atoms with E-state index in [0.29, 0.717) is 17.0 Å². The van der Waals surface area contributed by atoms with Crippen molar-refractivity contribution in [1.82, 2.24) is 15.5 Å². The number of aromatic amines is 1. The topological polar surface area (TPSA) is 83.8 Å². The summed E-state index contributed by atoms with van der Waals surface area (Å²) in [5.41, 5.74) is 10.2. The fourth-order valence-corrected chi connectivity index (χ4v) is 3.69. The fraction of sp³-hybridized carbons (Fsp3) is 0.263. The van der Waals surface area contributed by atoms with Gasteiger partial charge in [-0.3, -0.25) is 9.89 Å². The zero-order chi connectivity index (χ0) is 16.5. The minimum absolute atomic E-state index is 0.451. The van der Waals surface area contributed by atoms with Crippen molar-refractivity contribution in [2.75, 3.05) is 13.1 Å². The van der Waals surface area contributed by atoms with Gasteiger partial charge in [-0.1, -0.05) is 30.3 Å². The van der Waals surface area contributed by atoms with E-state index in [9.17, 15) is 4.79 Å². The molecule has 1 fully saturated rings. The zero-order valence-electron chi connectivity index (χ0n) is 13.4. The van der Waals surface area contributed by atoms with Crippen molar-refractivity contribution in [1.29, 1.82) is 0 Å². The maximum Gasteiger partial charge on any atom is 0.250 e. The van der Waals surface area contributed by atoms with Crippen LogP contribution in [0.25, 0.3) is 22.0 Å². The first-order valence-electron chi connectivity index (χ1n) is 8.32. The van der Waals surface area contributed by atoms with Gasteiger partial charge in [0.15, 0.2) is 0 Å². The molecule has 4 N–H and O–H groups in total. The number of carbonyl (C=O) groups excluding carboxylic acids is 1. The first kappa shape index (κ1) is 14.9. The van der Waals surface area contributed by atoms with Gasteiger partial charge in [0.2, 0.25) is 0 Å². The molecule has 5 nitrogen and oxygen atoms in total. The molecule has 0 spiro atoms. The molecular formula is C19H20N4O. The number of carbonyl (C=O) groups is 1. The van der Waals surface area contributed by atoms with E-state index in [4.69, 9.17) is 5.73 Å². The molecule has 1 aromatic heterocycles. The number of H-pyrrole nitrogens is 1. The van der Waals surface area contributed by atoms with Crippen LogP contribution in [0.4, 0.5) is 0 Å². The zero-order valence-corrected chi connectivity index (χ0v) is 13.4. The predicted octanol–water partition coefficient (Wildman–Crippen LogP) is 2.80. The fourth-order valence-electron chi connectivity index (χ4n) is 3.69. The highest BCUT2D eigenvalue weighted by molar-refractivity contribution is 6.08. The highest BCUT2D eigenvalue weighted by Crippen LogP contribution is 2.36. The minimum atomic E-state index is -0.455. The summed E-state index contributed by atoms with van der Waals surface area (Å²) in [6.45, 7) is 2.10. The molecule has 5 heteroatoms. The van der Waals surface area contributed by atoms with E-state index in [0.717, 1.165) is 24.0 Å². The van der Waals surface area contributed by atoms with Gasteiger partial charge in [0.25, 0.3) is 5.91 Å². The third-order valence-corrected chi connectivity index (χ3v) is 4.86. The van der Waals surface area contributed by atoms with E-state index < -0.39 is 5.91 Å². The molecule has 122 valence electrons. The summed E-state index contributed by atoms with van der Waals surface area (Å²) < 4.78 is 0. The van der Waals surface area contributed by atoms with Gasteiger partial charge >= 0.3 is 0 Å². The molecule has 3 aromatic rings. The third-order valence-electron chi connectivity index (χ3n) is 4.86. The lowest BCUT2D eigenvalue weighted by molar-refractivity contribution is 0.100. The number of benzene rings is 2. The molecule has 2 heterocycles. The maximum atomic E-state index is 11.6. The standard InChI is InChI=1S/C19H20N4O/c20-19(24)16-8-7-15(17-11-22-23-18(16)17)14-6-2-1-5-13(14)12-4-3-9-21-10-12/h1-2,5-8,11-12,21H,3-4,9-10H2,(H2,20,24)(H,22,23)/t12-/m1/s1. The first-order valence-corrected chi connectivity index (χ1v) is 8.32. The molecule has 4 rings (SSSR count). The Morgan fingerprint density at radius 3 is 2.83 bits per heavy atom. The van der Waals surface area contributed by atoms with E-state index >= 15 is 0 Å². The van der Waals surface area contributed by atoms with E-state index in [1.807, 2.05) is 12.3 Å². The normalized spacial score (nSPS) is 17.9. The Bertz CT molecular complexity index is 893. The van der Waals surface area contributed by atoms with Crippen LogP contribution >= 0.6 is 0 Å². The lowest BCUT2D eigenvalue weighted by Gasteiger charge is -2.25. The number of fused-ring (bicyclic) bond motifs is 1. The monoisotopic (exact) mass is 320 g/mol. The van der Waals surface area contributed by atoms with Crippen molar-refractivity contribution in [3.8, 4) is 11.1 Å². The lowest BCUT2D eigenvalue weighted by Crippen LogP contribution is -2.28. The second-order valence-corrected chi connectivity index (χ2v) is 6.30. The van der Waals surface area contributed by atoms with Gasteiger partial charge in [0.1, 0.15) is 5.52 Å². The number of nitrogens with one attached hydrogen (secondary N) is 2. The molecule has 1 aliphatic rings. The van der Waals surface area contributed by atoms with Crippen LogP contribution in [0.1, 0.15) is 34.7 Å². The molecule has 0 saturated carbocycles. The Kier molecular flexibility index (Phi) is 3.78. The largest absolute Gasteiger partial charge is 0.366 e. The van der Waals surface area contributed by atoms with Gasteiger partial charge in [-0.25, -0.2) is 0 Å². The number of piperidine rings is 1. The summed E-state index contributed by atoms with van der Waals surface area (Å²) >= 11 is 0. The maximum absolute atomic E-state index is 11.6. The molecule has 2 aromatic carbocycles. The van der Waals surface area contributed by atoms with Gasteiger partial charge in [0, 0.05) is 18.1 Å². The summed E-state index contributed by atoms with van der Waals surface area (Å²) in [7, 11) is 0. The van der Waals surface area contributed by atoms with E-state index in [1.165, 1.54) is 24.0 Å². The highest BCUT2D eigenvalue weighted by atomic mass is 16.1. The Morgan fingerprint density at radius 1 is 1.17 bits per heavy atom. The molecule has 0 unspecified atom stereocenters. The van der Waals surface area contributed by atoms with Gasteiger partial charge < -0.3 is 11.1 Å². The van der Waals surface area contributed by atoms with Crippen LogP contribution in [0.15, 0.2) is 42.6 Å². The molecule has 0 radical (unpaired) electrons. The van der Waals surface area contributed by atoms with Crippen molar-refractivity contribution < 1.29 is 4.79 Å². The summed E-state index contributed by atoms with van der Waals surface area (Å²) in [4.78, 5) is 11.6. The van der Waals surface area contributed by atoms with E-state index in [2.05, 4.69) is 39.8 Å². The first-order chi connectivity index (χ1) is 11.8. The minimum Gasteiger partial charge on any atom is -0.366 e. The quantitative estimate of drug-likeness (QED) is 0.694. The van der Waals surface area contributed by atoms with Gasteiger partial charge in [-0.05, 0) is 48.1 Å². The van der Waals surface area contributed by atoms with E-state index in [1.54, 1.807) is 6.07 Å². The molecule has 24 heavy (non-hydrogen) atoms. The predicted molar refractivity (Wildman–Crippen MR) is 94.9 cm³/mol. The average Bonchev–Trinajstić information content (AvgIpc) is 3.11. The molecule has 1 amide bonds. The SMILES string of the molecule is NC(=O)c1ccc(-c2ccccc2[C@@H]2CCCNC2)c2c[nH]nc12. The summed E-state index contributed by atoms with van der Waals surface area (Å²) in [6, 6.07) is 12.3. The van der Waals surface area contributed by atoms with Crippen LogP contribution in [-0.4, -0.2) is 29.2 Å². The van der Waals surface area contributed by atoms with E-state index in [-0.39, 0.29) is 0 Å². The number of aromatic nitrogens is 2. The molecule has 1 aliphatic heterocycles. The number of hydrogen-bond donors (Lipinski definition) is 3. The number of nitrogens with zero attached hydrogens (tertiary/aromatic N) is 1. The van der Waals surface area contributed by atoms with Crippen LogP contribution in [0.2, 0.25) is 0 Å². The highest BCUT2D eigenvalue weighted by Gasteiger charge is 2.20. The van der Waals surface area contributed by atoms with Crippen LogP contribution in [-0.2, 0) is 0 Å². The van der Waals surface area contributed by atoms with Crippen molar-refractivity contribution >= 4 is 16.8 Å². The number of hydrogen-bond acceptors (Lipinski definition) is 3. The van der Waals surface area contributed by atoms with Gasteiger partial charge in [0.05, 0.1) is 5.56 Å². The summed E-state index contributed by atoms with van der Waals surface area (Å²) in [5.74, 6) is 0.0520. The van der Waals surface area contributed by atoms with Crippen molar-refractivity contribution in [2.24, 2.45) is 5.73 Å². The van der Waals surface area contributed by atoms with Crippen LogP contribution in [0.3, 0.4) is 0 Å². The molecular weight excluding hydrogens is 300 g/mol. The van der Waals surface area contributed by atoms with Gasteiger partial charge in [-0.15, -0.1) is 0 Å². The van der Waals surface area contributed by atoms with Crippen LogP contribution in [0.5, 0.6) is 0 Å². The Labute approximate surface area is 140 Å². The van der Waals surface area contributed by atoms with Crippen molar-refractivity contribution in [2.45, 2.75) is 18.8 Å². The van der Waals surface area contributed by atoms with Crippen molar-refractivity contribution in [3.63, 3.8) is 0 Å². The molecule has 1 atom stereocenters. The number of primary amides is 1. The Balaban J connectivity index is 1.88. The van der Waals surface area contributed by atoms with Gasteiger partial charge in [-0.2, -0.15) is 5.10 Å². The smallest absolute Gasteiger partial charge is 0.250 e. The number of nitrogens with two attached hydrogens (primary N) is 1. The number of rotatable bonds is 3. The van der Waals surface area contributed by atoms with Crippen molar-refractivity contribution in [3.05, 3.63) is 53.7 Å². The number of amides is 1. The average molecular weight is 320 g/mol. The lowest BCUT2D eigenvalue weighted by atomic mass is 9.85. The molecule has 1 saturated heterocycles. The summed E-state index contributed by atoms with van der Waals surface area (Å²) in [5, 5.41) is 11.5. The van der Waals surface area contributed by atoms with Crippen LogP contribution in [0, 0.1) is 0 Å². The Hall–Kier alpha value is -2.66. The van der Waals surface area contributed by atoms with Crippen LogP contribution < -0.4 is 11.1 Å². The molecule has 0 bridgehead atoms. The third kappa shape index (κ3) is 2.47. The second-order valence-electron chi connectivity index (χ2n) is 6.30. The molecule has 0 aliphatic carbocycles. The Morgan fingerprint density at radius 2 is 2.04 bits per heavy atom. The second kappa shape index (κ2) is 6.09. The summed E-state index contributed by atoms with van der Waals surface area (Å²) in [6.07, 6.45) is 4.23.